The maximum Gasteiger partial charge on any atom is 0.407 e. The number of esters is 2. The molecule has 0 radical (unpaired) electrons. The van der Waals surface area contributed by atoms with Crippen molar-refractivity contribution in [1.29, 1.82) is 0 Å². The van der Waals surface area contributed by atoms with Gasteiger partial charge < -0.3 is 53.8 Å². The zero-order valence-corrected chi connectivity index (χ0v) is 37.8. The number of aliphatic hydroxyl groups excluding tert-OH is 2. The Morgan fingerprint density at radius 3 is 2.25 bits per heavy atom. The fourth-order valence-corrected chi connectivity index (χ4v) is 9.11. The number of thioether (sulfide) groups is 1. The number of ether oxygens (including phenoxy) is 7. The summed E-state index contributed by atoms with van der Waals surface area (Å²) < 4.78 is 42.1. The number of amides is 1. The molecule has 0 saturated carbocycles. The van der Waals surface area contributed by atoms with Crippen LogP contribution in [-0.2, 0) is 42.7 Å². The summed E-state index contributed by atoms with van der Waals surface area (Å²) >= 11 is 1.48. The molecule has 0 aromatic heterocycles. The Balaban J connectivity index is 1.92. The molecule has 1 fully saturated rings. The highest BCUT2D eigenvalue weighted by molar-refractivity contribution is 7.98. The molecule has 60 heavy (non-hydrogen) atoms. The Morgan fingerprint density at radius 1 is 1.07 bits per heavy atom. The summed E-state index contributed by atoms with van der Waals surface area (Å²) in [5.41, 5.74) is -5.38. The molecule has 1 amide bonds. The molecule has 2 unspecified atom stereocenters. The van der Waals surface area contributed by atoms with E-state index in [1.165, 1.54) is 25.8 Å². The van der Waals surface area contributed by atoms with Crippen LogP contribution in [0.1, 0.15) is 98.9 Å². The predicted molar refractivity (Wildman–Crippen MR) is 223 cm³/mol. The number of hydrogen-bond acceptors (Lipinski definition) is 15. The van der Waals surface area contributed by atoms with Gasteiger partial charge in [-0.1, -0.05) is 45.9 Å². The number of ketones is 1. The normalized spacial score (nSPS) is 29.4. The number of hydrogen-bond donors (Lipinski definition) is 4. The minimum absolute atomic E-state index is 0.0449. The Labute approximate surface area is 357 Å². The molecule has 1 aromatic carbocycles. The quantitative estimate of drug-likeness (QED) is 0.0684. The number of carbonyl (C=O) groups is 4. The molecule has 15 nitrogen and oxygen atoms in total. The first-order valence-corrected chi connectivity index (χ1v) is 21.7. The van der Waals surface area contributed by atoms with Crippen LogP contribution >= 0.6 is 11.8 Å². The van der Waals surface area contributed by atoms with E-state index in [9.17, 15) is 34.5 Å². The number of methoxy groups -OCH3 is 1. The van der Waals surface area contributed by atoms with E-state index in [-0.39, 0.29) is 60.9 Å². The molecule has 1 saturated heterocycles. The Hall–Kier alpha value is -3.51. The van der Waals surface area contributed by atoms with Gasteiger partial charge in [0.05, 0.1) is 49.9 Å². The van der Waals surface area contributed by atoms with Crippen LogP contribution in [0.15, 0.2) is 52.8 Å². The number of rotatable bonds is 17. The second-order valence-electron chi connectivity index (χ2n) is 17.9. The number of aliphatic hydroxyl groups is 3. The minimum atomic E-state index is -2.21. The molecule has 4 rings (SSSR count). The van der Waals surface area contributed by atoms with Gasteiger partial charge >= 0.3 is 18.0 Å². The zero-order chi connectivity index (χ0) is 45.0. The highest BCUT2D eigenvalue weighted by Gasteiger charge is 2.69. The maximum absolute atomic E-state index is 15.0. The van der Waals surface area contributed by atoms with E-state index < -0.39 is 88.7 Å². The van der Waals surface area contributed by atoms with Crippen LogP contribution in [-0.4, -0.2) is 125 Å². The summed E-state index contributed by atoms with van der Waals surface area (Å²) in [4.78, 5) is 55.2. The third-order valence-electron chi connectivity index (χ3n) is 11.6. The molecule has 2 bridgehead atoms. The SMILES string of the molecule is CO/C1=C(\C)C([C@]2(OC(C)=O)CO[C@@H]2CCOCSC)[C@H](OC(=O)c2ccccc2)[C@]2(O)C[C@H](OC(O)[C@H](O)[C@H](CC(C)C)NC(=O)OC(C)(C)C)C(C)=C(C1=O)C2(C)C. The van der Waals surface area contributed by atoms with Crippen LogP contribution in [0.25, 0.3) is 0 Å². The van der Waals surface area contributed by atoms with Gasteiger partial charge in [0.1, 0.15) is 29.5 Å². The number of benzene rings is 1. The molecule has 16 heteroatoms. The van der Waals surface area contributed by atoms with Gasteiger partial charge in [-0.25, -0.2) is 9.59 Å². The molecule has 9 atom stereocenters. The van der Waals surface area contributed by atoms with Crippen LogP contribution in [0.2, 0.25) is 0 Å². The summed E-state index contributed by atoms with van der Waals surface area (Å²) in [7, 11) is 1.32. The lowest BCUT2D eigenvalue weighted by atomic mass is 9.53. The zero-order valence-electron chi connectivity index (χ0n) is 37.0. The largest absolute Gasteiger partial charge is 0.493 e. The Bertz CT molecular complexity index is 1770. The van der Waals surface area contributed by atoms with E-state index >= 15 is 0 Å². The van der Waals surface area contributed by atoms with E-state index in [0.717, 1.165) is 0 Å². The van der Waals surface area contributed by atoms with Crippen molar-refractivity contribution in [2.45, 2.75) is 142 Å². The highest BCUT2D eigenvalue weighted by Crippen LogP contribution is 2.58. The van der Waals surface area contributed by atoms with Crippen molar-refractivity contribution in [3.05, 3.63) is 58.4 Å². The van der Waals surface area contributed by atoms with Gasteiger partial charge in [0.15, 0.2) is 17.7 Å². The second-order valence-corrected chi connectivity index (χ2v) is 18.7. The average molecular weight is 864 g/mol. The molecular weight excluding hydrogens is 799 g/mol. The number of allylic oxidation sites excluding steroid dienone is 1. The van der Waals surface area contributed by atoms with Gasteiger partial charge in [-0.3, -0.25) is 9.59 Å². The van der Waals surface area contributed by atoms with Gasteiger partial charge in [-0.15, -0.1) is 11.8 Å². The molecule has 2 aliphatic carbocycles. The van der Waals surface area contributed by atoms with Crippen LogP contribution < -0.4 is 5.32 Å². The van der Waals surface area contributed by atoms with Crippen molar-refractivity contribution < 1.29 is 67.7 Å². The summed E-state index contributed by atoms with van der Waals surface area (Å²) in [5.74, 6) is -3.13. The molecule has 1 heterocycles. The number of alkyl carbamates (subject to hydrolysis) is 1. The van der Waals surface area contributed by atoms with Gasteiger partial charge in [0.2, 0.25) is 5.78 Å². The van der Waals surface area contributed by atoms with Crippen molar-refractivity contribution in [3.8, 4) is 0 Å². The number of nitrogens with one attached hydrogen (secondary N) is 1. The van der Waals surface area contributed by atoms with E-state index in [0.29, 0.717) is 11.5 Å². The van der Waals surface area contributed by atoms with Crippen LogP contribution in [0, 0.1) is 17.3 Å². The number of Topliss-reactive ketones (excluding diaryl/α,β-unsaturated/α-hetero) is 1. The van der Waals surface area contributed by atoms with Crippen LogP contribution in [0.4, 0.5) is 4.79 Å². The standard InChI is InChI=1S/C44H65NO14S/c1-24(2)20-29(45-40(51)59-41(6,7)8)34(47)39(50)56-30-21-44(52)37(57-38(49)28-16-14-13-15-17-28)33(26(4)36(53-11)35(48)32(25(30)3)42(44,9)10)43(58-27(5)46)22-55-31(43)18-19-54-23-60-12/h13-17,24,29-31,33-34,37,39,47,50,52H,18-23H2,1-12H3,(H,45,51)/b36-26+/t29-,30-,31+,33?,34+,37-,39?,43-,44+/m0/s1. The number of fused-ring (bicyclic) bond motifs is 2. The molecule has 4 N–H and O–H groups in total. The first-order chi connectivity index (χ1) is 27.9. The molecule has 1 aliphatic heterocycles. The lowest BCUT2D eigenvalue weighted by Crippen LogP contribution is -2.73. The fourth-order valence-electron chi connectivity index (χ4n) is 8.82. The van der Waals surface area contributed by atoms with Crippen molar-refractivity contribution in [1.82, 2.24) is 5.32 Å². The van der Waals surface area contributed by atoms with Gasteiger partial charge in [0.25, 0.3) is 0 Å². The Kier molecular flexibility index (Phi) is 16.1. The summed E-state index contributed by atoms with van der Waals surface area (Å²) in [6.07, 6.45) is -6.19. The van der Waals surface area contributed by atoms with Gasteiger partial charge in [-0.2, -0.15) is 0 Å². The van der Waals surface area contributed by atoms with Crippen molar-refractivity contribution >= 4 is 35.6 Å². The average Bonchev–Trinajstić information content (AvgIpc) is 3.14. The molecule has 0 spiro atoms. The highest BCUT2D eigenvalue weighted by atomic mass is 32.2. The first kappa shape index (κ1) is 49.1. The van der Waals surface area contributed by atoms with E-state index in [1.807, 2.05) is 20.1 Å². The summed E-state index contributed by atoms with van der Waals surface area (Å²) in [5, 5.41) is 39.4. The van der Waals surface area contributed by atoms with Crippen molar-refractivity contribution in [2.24, 2.45) is 17.3 Å². The first-order valence-electron chi connectivity index (χ1n) is 20.3. The van der Waals surface area contributed by atoms with E-state index in [2.05, 4.69) is 5.32 Å². The van der Waals surface area contributed by atoms with Gasteiger partial charge in [0, 0.05) is 30.8 Å². The second kappa shape index (κ2) is 19.7. The molecule has 1 aromatic rings. The smallest absolute Gasteiger partial charge is 0.407 e. The lowest BCUT2D eigenvalue weighted by Gasteiger charge is -2.60. The fraction of sp³-hybridized carbons (Fsp3) is 0.682. The molecule has 3 aliphatic rings. The predicted octanol–water partition coefficient (Wildman–Crippen LogP) is 5.24. The van der Waals surface area contributed by atoms with Crippen LogP contribution in [0.5, 0.6) is 0 Å². The number of carbonyl (C=O) groups excluding carboxylic acids is 4. The van der Waals surface area contributed by atoms with Crippen molar-refractivity contribution in [3.63, 3.8) is 0 Å². The molecule has 336 valence electrons. The third-order valence-corrected chi connectivity index (χ3v) is 12.0. The maximum atomic E-state index is 15.0. The topological polar surface area (TPSA) is 206 Å². The van der Waals surface area contributed by atoms with Crippen molar-refractivity contribution in [2.75, 3.05) is 32.5 Å². The van der Waals surface area contributed by atoms with E-state index in [4.69, 9.17) is 33.2 Å². The van der Waals surface area contributed by atoms with Gasteiger partial charge in [-0.05, 0) is 76.5 Å². The Morgan fingerprint density at radius 2 is 1.72 bits per heavy atom. The minimum Gasteiger partial charge on any atom is -0.493 e. The van der Waals surface area contributed by atoms with Crippen LogP contribution in [0.3, 0.4) is 0 Å². The summed E-state index contributed by atoms with van der Waals surface area (Å²) in [6.45, 7) is 16.6. The lowest BCUT2D eigenvalue weighted by molar-refractivity contribution is -0.297. The molecular formula is C44H65NO14S. The monoisotopic (exact) mass is 863 g/mol. The summed E-state index contributed by atoms with van der Waals surface area (Å²) in [6, 6.07) is 7.13. The van der Waals surface area contributed by atoms with E-state index in [1.54, 1.807) is 78.8 Å². The third kappa shape index (κ3) is 10.4.